The van der Waals surface area contributed by atoms with Crippen LogP contribution in [-0.4, -0.2) is 84.9 Å². The van der Waals surface area contributed by atoms with Crippen molar-refractivity contribution in [2.45, 2.75) is 86.3 Å². The summed E-state index contributed by atoms with van der Waals surface area (Å²) < 4.78 is 20.6. The number of carbonyl (C=O) groups excluding carboxylic acids is 1. The summed E-state index contributed by atoms with van der Waals surface area (Å²) in [5.74, 6) is 0. The van der Waals surface area contributed by atoms with Gasteiger partial charge in [-0.15, -0.1) is 0 Å². The SMILES string of the molecule is C[C@@H](N)COC1OC(CO[Si](C)(C)C(C)(C)C)[C@@H](O)[C@H](O)[C@@H]1NC(=O)OCC(Cl)(Cl)Cl. The number of aliphatic hydroxyl groups excluding tert-OH is 2. The number of carbonyl (C=O) groups is 1. The molecule has 0 aromatic heterocycles. The maximum atomic E-state index is 12.1. The molecule has 0 aromatic rings. The second-order valence-electron chi connectivity index (χ2n) is 9.27. The minimum absolute atomic E-state index is 0.0492. The van der Waals surface area contributed by atoms with Gasteiger partial charge in [0.25, 0.3) is 0 Å². The monoisotopic (exact) mass is 524 g/mol. The van der Waals surface area contributed by atoms with Crippen molar-refractivity contribution in [3.63, 3.8) is 0 Å². The maximum Gasteiger partial charge on any atom is 0.407 e. The Morgan fingerprint density at radius 1 is 1.23 bits per heavy atom. The van der Waals surface area contributed by atoms with Crippen LogP contribution in [0.5, 0.6) is 0 Å². The zero-order valence-corrected chi connectivity index (χ0v) is 22.0. The van der Waals surface area contributed by atoms with Crippen molar-refractivity contribution in [2.24, 2.45) is 5.73 Å². The van der Waals surface area contributed by atoms with Gasteiger partial charge in [0, 0.05) is 6.04 Å². The van der Waals surface area contributed by atoms with Gasteiger partial charge in [0.2, 0.25) is 3.79 Å². The predicted octanol–water partition coefficient (Wildman–Crippen LogP) is 2.28. The molecule has 1 aliphatic rings. The summed E-state index contributed by atoms with van der Waals surface area (Å²) >= 11 is 16.7. The van der Waals surface area contributed by atoms with Crippen LogP contribution >= 0.6 is 34.8 Å². The normalized spacial score (nSPS) is 28.8. The van der Waals surface area contributed by atoms with Crippen molar-refractivity contribution in [3.8, 4) is 0 Å². The molecule has 0 radical (unpaired) electrons. The second kappa shape index (κ2) is 11.5. The fourth-order valence-electron chi connectivity index (χ4n) is 2.44. The quantitative estimate of drug-likeness (QED) is 0.280. The molecule has 6 atom stereocenters. The zero-order chi connectivity index (χ0) is 24.2. The topological polar surface area (TPSA) is 132 Å². The van der Waals surface area contributed by atoms with Crippen LogP contribution in [0.25, 0.3) is 0 Å². The molecular formula is C18H35Cl3N2O7Si. The molecule has 0 aliphatic carbocycles. The van der Waals surface area contributed by atoms with Gasteiger partial charge in [-0.3, -0.25) is 0 Å². The fourth-order valence-corrected chi connectivity index (χ4v) is 3.62. The van der Waals surface area contributed by atoms with Gasteiger partial charge >= 0.3 is 6.09 Å². The molecule has 1 saturated heterocycles. The Labute approximate surface area is 199 Å². The lowest BCUT2D eigenvalue weighted by Gasteiger charge is -2.44. The summed E-state index contributed by atoms with van der Waals surface area (Å²) in [7, 11) is -2.13. The number of halogens is 3. The number of aliphatic hydroxyl groups is 2. The van der Waals surface area contributed by atoms with E-state index in [9.17, 15) is 15.0 Å². The first-order chi connectivity index (χ1) is 13.9. The summed E-state index contributed by atoms with van der Waals surface area (Å²) in [6.07, 6.45) is -5.75. The third-order valence-electron chi connectivity index (χ3n) is 5.29. The van der Waals surface area contributed by atoms with Crippen molar-refractivity contribution in [1.82, 2.24) is 5.32 Å². The Bertz CT molecular complexity index is 587. The Morgan fingerprint density at radius 2 is 1.81 bits per heavy atom. The predicted molar refractivity (Wildman–Crippen MR) is 122 cm³/mol. The van der Waals surface area contributed by atoms with Crippen LogP contribution in [0.2, 0.25) is 18.1 Å². The van der Waals surface area contributed by atoms with Gasteiger partial charge in [-0.25, -0.2) is 4.79 Å². The minimum Gasteiger partial charge on any atom is -0.445 e. The van der Waals surface area contributed by atoms with Crippen LogP contribution in [0.1, 0.15) is 27.7 Å². The number of ether oxygens (including phenoxy) is 3. The van der Waals surface area contributed by atoms with Crippen LogP contribution in [0.4, 0.5) is 4.79 Å². The number of rotatable bonds is 8. The van der Waals surface area contributed by atoms with Crippen molar-refractivity contribution >= 4 is 49.2 Å². The molecule has 13 heteroatoms. The van der Waals surface area contributed by atoms with Gasteiger partial charge in [-0.05, 0) is 25.1 Å². The molecule has 31 heavy (non-hydrogen) atoms. The first kappa shape index (κ1) is 29.1. The molecule has 0 aromatic carbocycles. The van der Waals surface area contributed by atoms with Gasteiger partial charge in [0.1, 0.15) is 31.0 Å². The van der Waals surface area contributed by atoms with Crippen molar-refractivity contribution < 1.29 is 33.6 Å². The first-order valence-corrected chi connectivity index (χ1v) is 14.0. The lowest BCUT2D eigenvalue weighted by atomic mass is 9.97. The molecule has 1 heterocycles. The van der Waals surface area contributed by atoms with Crippen LogP contribution in [0, 0.1) is 0 Å². The van der Waals surface area contributed by atoms with Crippen molar-refractivity contribution in [1.29, 1.82) is 0 Å². The molecular weight excluding hydrogens is 491 g/mol. The van der Waals surface area contributed by atoms with E-state index >= 15 is 0 Å². The molecule has 1 aliphatic heterocycles. The number of nitrogens with one attached hydrogen (secondary N) is 1. The van der Waals surface area contributed by atoms with Gasteiger partial charge in [-0.1, -0.05) is 55.6 Å². The lowest BCUT2D eigenvalue weighted by molar-refractivity contribution is -0.269. The summed E-state index contributed by atoms with van der Waals surface area (Å²) in [5, 5.41) is 23.6. The summed E-state index contributed by atoms with van der Waals surface area (Å²) in [6, 6.07) is -1.48. The molecule has 5 N–H and O–H groups in total. The van der Waals surface area contributed by atoms with Crippen LogP contribution in [0.15, 0.2) is 0 Å². The Kier molecular flexibility index (Phi) is 10.8. The number of nitrogens with two attached hydrogens (primary N) is 1. The van der Waals surface area contributed by atoms with Crippen molar-refractivity contribution in [2.75, 3.05) is 19.8 Å². The second-order valence-corrected chi connectivity index (χ2v) is 16.6. The first-order valence-electron chi connectivity index (χ1n) is 9.97. The highest BCUT2D eigenvalue weighted by Crippen LogP contribution is 2.37. The average molecular weight is 526 g/mol. The smallest absolute Gasteiger partial charge is 0.407 e. The molecule has 184 valence electrons. The van der Waals surface area contributed by atoms with Gasteiger partial charge in [0.05, 0.1) is 13.2 Å². The van der Waals surface area contributed by atoms with Crippen LogP contribution in [-0.2, 0) is 18.6 Å². The highest BCUT2D eigenvalue weighted by Gasteiger charge is 2.47. The van der Waals surface area contributed by atoms with E-state index in [1.165, 1.54) is 0 Å². The van der Waals surface area contributed by atoms with E-state index in [2.05, 4.69) is 39.2 Å². The Hall–Kier alpha value is 0.117. The molecule has 1 fully saturated rings. The number of amides is 1. The third kappa shape index (κ3) is 9.48. The van der Waals surface area contributed by atoms with Crippen molar-refractivity contribution in [3.05, 3.63) is 0 Å². The molecule has 1 amide bonds. The number of hydrogen-bond donors (Lipinski definition) is 4. The molecule has 1 rings (SSSR count). The molecule has 2 unspecified atom stereocenters. The zero-order valence-electron chi connectivity index (χ0n) is 18.7. The number of alkyl halides is 3. The minimum atomic E-state index is -2.13. The van der Waals surface area contributed by atoms with E-state index in [4.69, 9.17) is 59.2 Å². The Morgan fingerprint density at radius 3 is 2.29 bits per heavy atom. The Balaban J connectivity index is 2.89. The van der Waals surface area contributed by atoms with E-state index in [0.29, 0.717) is 0 Å². The number of alkyl carbamates (subject to hydrolysis) is 1. The standard InChI is InChI=1S/C18H35Cl3N2O7Si/c1-10(22)7-27-15-12(23-16(26)28-9-18(19,20)21)14(25)13(24)11(30-15)8-29-31(5,6)17(2,3)4/h10-15,24-25H,7-9,22H2,1-6H3,(H,23,26)/t10-,11?,12+,13-,14-,15?/m1/s1. The molecule has 0 saturated carbocycles. The van der Waals surface area contributed by atoms with Gasteiger partial charge in [0.15, 0.2) is 14.6 Å². The molecule has 0 bridgehead atoms. The highest BCUT2D eigenvalue weighted by molar-refractivity contribution is 6.74. The largest absolute Gasteiger partial charge is 0.445 e. The lowest BCUT2D eigenvalue weighted by Crippen LogP contribution is -2.65. The maximum absolute atomic E-state index is 12.1. The summed E-state index contributed by atoms with van der Waals surface area (Å²) in [4.78, 5) is 12.1. The van der Waals surface area contributed by atoms with E-state index in [-0.39, 0.29) is 24.3 Å². The third-order valence-corrected chi connectivity index (χ3v) is 10.1. The molecule has 9 nitrogen and oxygen atoms in total. The van der Waals surface area contributed by atoms with E-state index in [0.717, 1.165) is 0 Å². The molecule has 0 spiro atoms. The van der Waals surface area contributed by atoms with E-state index in [1.54, 1.807) is 6.92 Å². The number of hydrogen-bond acceptors (Lipinski definition) is 8. The van der Waals surface area contributed by atoms with Gasteiger partial charge < -0.3 is 39.9 Å². The van der Waals surface area contributed by atoms with Crippen LogP contribution in [0.3, 0.4) is 0 Å². The van der Waals surface area contributed by atoms with E-state index < -0.39 is 55.5 Å². The van der Waals surface area contributed by atoms with E-state index in [1.807, 2.05) is 0 Å². The summed E-state index contributed by atoms with van der Waals surface area (Å²) in [5.41, 5.74) is 5.74. The fraction of sp³-hybridized carbons (Fsp3) is 0.944. The summed E-state index contributed by atoms with van der Waals surface area (Å²) in [6.45, 7) is 11.7. The highest BCUT2D eigenvalue weighted by atomic mass is 35.6. The van der Waals surface area contributed by atoms with Gasteiger partial charge in [-0.2, -0.15) is 0 Å². The van der Waals surface area contributed by atoms with Crippen LogP contribution < -0.4 is 11.1 Å². The average Bonchev–Trinajstić information content (AvgIpc) is 2.60.